The maximum absolute atomic E-state index is 13.5. The molecular formula is C16H23FN2O. The molecule has 0 aromatic heterocycles. The first-order chi connectivity index (χ1) is 9.53. The van der Waals surface area contributed by atoms with Gasteiger partial charge in [0.15, 0.2) is 0 Å². The minimum atomic E-state index is -0.511. The van der Waals surface area contributed by atoms with E-state index in [1.165, 1.54) is 12.5 Å². The van der Waals surface area contributed by atoms with Gasteiger partial charge in [-0.05, 0) is 37.5 Å². The van der Waals surface area contributed by atoms with Crippen LogP contribution in [0.15, 0.2) is 24.3 Å². The second-order valence-electron chi connectivity index (χ2n) is 5.86. The van der Waals surface area contributed by atoms with Gasteiger partial charge in [-0.1, -0.05) is 31.4 Å². The highest BCUT2D eigenvalue weighted by Crippen LogP contribution is 2.39. The molecule has 1 fully saturated rings. The quantitative estimate of drug-likeness (QED) is 0.889. The smallest absolute Gasteiger partial charge is 0.236 e. The van der Waals surface area contributed by atoms with Crippen LogP contribution < -0.4 is 11.1 Å². The summed E-state index contributed by atoms with van der Waals surface area (Å²) in [5.41, 5.74) is 6.43. The number of nitrogens with one attached hydrogen (secondary N) is 1. The van der Waals surface area contributed by atoms with Crippen LogP contribution in [-0.4, -0.2) is 18.5 Å². The first-order valence-corrected chi connectivity index (χ1v) is 7.33. The summed E-state index contributed by atoms with van der Waals surface area (Å²) in [4.78, 5) is 11.7. The second-order valence-corrected chi connectivity index (χ2v) is 5.86. The molecule has 3 N–H and O–H groups in total. The lowest BCUT2D eigenvalue weighted by molar-refractivity contribution is -0.122. The molecule has 1 saturated carbocycles. The van der Waals surface area contributed by atoms with Crippen LogP contribution in [-0.2, 0) is 10.2 Å². The van der Waals surface area contributed by atoms with E-state index < -0.39 is 6.04 Å². The average molecular weight is 278 g/mol. The number of rotatable bonds is 4. The Morgan fingerprint density at radius 2 is 2.10 bits per heavy atom. The van der Waals surface area contributed by atoms with Gasteiger partial charge in [-0.2, -0.15) is 0 Å². The Balaban J connectivity index is 2.19. The van der Waals surface area contributed by atoms with Crippen LogP contribution >= 0.6 is 0 Å². The standard InChI is InChI=1S/C16H23FN2O/c1-12(18)15(20)19-11-16(8-3-2-4-9-16)13-6-5-7-14(17)10-13/h5-7,10,12H,2-4,8-9,11,18H2,1H3,(H,19,20)/t12-/m0/s1. The number of carbonyl (C=O) groups is 1. The van der Waals surface area contributed by atoms with Crippen LogP contribution in [0.1, 0.15) is 44.6 Å². The van der Waals surface area contributed by atoms with Crippen LogP contribution in [0, 0.1) is 5.82 Å². The summed E-state index contributed by atoms with van der Waals surface area (Å²) in [6.07, 6.45) is 5.40. The third-order valence-corrected chi connectivity index (χ3v) is 4.26. The van der Waals surface area contributed by atoms with Crippen LogP contribution in [0.25, 0.3) is 0 Å². The fourth-order valence-electron chi connectivity index (χ4n) is 3.03. The van der Waals surface area contributed by atoms with E-state index in [0.717, 1.165) is 31.2 Å². The monoisotopic (exact) mass is 278 g/mol. The largest absolute Gasteiger partial charge is 0.354 e. The van der Waals surface area contributed by atoms with E-state index in [9.17, 15) is 9.18 Å². The highest BCUT2D eigenvalue weighted by Gasteiger charge is 2.34. The predicted molar refractivity (Wildman–Crippen MR) is 77.8 cm³/mol. The van der Waals surface area contributed by atoms with E-state index in [1.54, 1.807) is 19.1 Å². The Morgan fingerprint density at radius 3 is 2.70 bits per heavy atom. The average Bonchev–Trinajstić information content (AvgIpc) is 2.45. The molecule has 1 aliphatic carbocycles. The van der Waals surface area contributed by atoms with Crippen molar-refractivity contribution in [2.45, 2.75) is 50.5 Å². The van der Waals surface area contributed by atoms with Crippen molar-refractivity contribution in [3.05, 3.63) is 35.6 Å². The van der Waals surface area contributed by atoms with Gasteiger partial charge in [0.05, 0.1) is 6.04 Å². The van der Waals surface area contributed by atoms with Gasteiger partial charge in [-0.25, -0.2) is 4.39 Å². The van der Waals surface area contributed by atoms with E-state index in [-0.39, 0.29) is 17.1 Å². The molecule has 2 rings (SSSR count). The molecule has 20 heavy (non-hydrogen) atoms. The summed E-state index contributed by atoms with van der Waals surface area (Å²) in [6, 6.07) is 6.26. The van der Waals surface area contributed by atoms with Crippen LogP contribution in [0.3, 0.4) is 0 Å². The van der Waals surface area contributed by atoms with Crippen molar-refractivity contribution in [1.82, 2.24) is 5.32 Å². The van der Waals surface area contributed by atoms with Crippen molar-refractivity contribution in [2.24, 2.45) is 5.73 Å². The number of carbonyl (C=O) groups excluding carboxylic acids is 1. The molecule has 0 radical (unpaired) electrons. The summed E-state index contributed by atoms with van der Waals surface area (Å²) in [5.74, 6) is -0.364. The fraction of sp³-hybridized carbons (Fsp3) is 0.562. The molecule has 1 aromatic carbocycles. The van der Waals surface area contributed by atoms with Crippen LogP contribution in [0.4, 0.5) is 4.39 Å². The zero-order valence-corrected chi connectivity index (χ0v) is 12.0. The van der Waals surface area contributed by atoms with Gasteiger partial charge < -0.3 is 11.1 Å². The lowest BCUT2D eigenvalue weighted by atomic mass is 9.69. The minimum absolute atomic E-state index is 0.147. The number of nitrogens with two attached hydrogens (primary N) is 1. The Hall–Kier alpha value is -1.42. The lowest BCUT2D eigenvalue weighted by Gasteiger charge is -2.38. The summed E-state index contributed by atoms with van der Waals surface area (Å²) in [5, 5.41) is 2.92. The Bertz CT molecular complexity index is 467. The predicted octanol–water partition coefficient (Wildman–Crippen LogP) is 2.49. The van der Waals surface area contributed by atoms with Gasteiger partial charge in [-0.3, -0.25) is 4.79 Å². The van der Waals surface area contributed by atoms with Crippen molar-refractivity contribution >= 4 is 5.91 Å². The van der Waals surface area contributed by atoms with E-state index >= 15 is 0 Å². The van der Waals surface area contributed by atoms with E-state index in [1.807, 2.05) is 6.07 Å². The molecule has 1 aromatic rings. The fourth-order valence-corrected chi connectivity index (χ4v) is 3.03. The van der Waals surface area contributed by atoms with Gasteiger partial charge in [0.25, 0.3) is 0 Å². The molecule has 0 heterocycles. The number of hydrogen-bond donors (Lipinski definition) is 2. The van der Waals surface area contributed by atoms with Crippen LogP contribution in [0.2, 0.25) is 0 Å². The molecule has 1 amide bonds. The summed E-state index contributed by atoms with van der Waals surface area (Å²) >= 11 is 0. The van der Waals surface area contributed by atoms with Gasteiger partial charge in [0.2, 0.25) is 5.91 Å². The molecule has 110 valence electrons. The zero-order chi connectivity index (χ0) is 14.6. The number of halogens is 1. The molecule has 1 aliphatic rings. The van der Waals surface area contributed by atoms with Crippen molar-refractivity contribution < 1.29 is 9.18 Å². The van der Waals surface area contributed by atoms with Crippen molar-refractivity contribution in [1.29, 1.82) is 0 Å². The summed E-state index contributed by atoms with van der Waals surface area (Å²) in [6.45, 7) is 2.21. The van der Waals surface area contributed by atoms with E-state index in [4.69, 9.17) is 5.73 Å². The van der Waals surface area contributed by atoms with Crippen molar-refractivity contribution in [3.63, 3.8) is 0 Å². The third kappa shape index (κ3) is 3.37. The van der Waals surface area contributed by atoms with E-state index in [0.29, 0.717) is 6.54 Å². The Kier molecular flexibility index (Phi) is 4.76. The van der Waals surface area contributed by atoms with E-state index in [2.05, 4.69) is 5.32 Å². The molecule has 0 aliphatic heterocycles. The van der Waals surface area contributed by atoms with Crippen LogP contribution in [0.5, 0.6) is 0 Å². The minimum Gasteiger partial charge on any atom is -0.354 e. The number of amides is 1. The maximum Gasteiger partial charge on any atom is 0.236 e. The zero-order valence-electron chi connectivity index (χ0n) is 12.0. The third-order valence-electron chi connectivity index (χ3n) is 4.26. The summed E-state index contributed by atoms with van der Waals surface area (Å²) < 4.78 is 13.5. The molecule has 0 unspecified atom stereocenters. The molecule has 4 heteroatoms. The van der Waals surface area contributed by atoms with Gasteiger partial charge in [-0.15, -0.1) is 0 Å². The molecule has 0 saturated heterocycles. The topological polar surface area (TPSA) is 55.1 Å². The SMILES string of the molecule is C[C@H](N)C(=O)NCC1(c2cccc(F)c2)CCCCC1. The van der Waals surface area contributed by atoms with Crippen molar-refractivity contribution in [2.75, 3.05) is 6.54 Å². The highest BCUT2D eigenvalue weighted by atomic mass is 19.1. The molecule has 3 nitrogen and oxygen atoms in total. The van der Waals surface area contributed by atoms with Gasteiger partial charge in [0, 0.05) is 12.0 Å². The molecular weight excluding hydrogens is 255 g/mol. The second kappa shape index (κ2) is 6.35. The first-order valence-electron chi connectivity index (χ1n) is 7.33. The number of benzene rings is 1. The Morgan fingerprint density at radius 1 is 1.40 bits per heavy atom. The lowest BCUT2D eigenvalue weighted by Crippen LogP contribution is -2.46. The molecule has 0 spiro atoms. The molecule has 1 atom stereocenters. The van der Waals surface area contributed by atoms with Crippen molar-refractivity contribution in [3.8, 4) is 0 Å². The molecule has 0 bridgehead atoms. The Labute approximate surface area is 119 Å². The number of hydrogen-bond acceptors (Lipinski definition) is 2. The van der Waals surface area contributed by atoms with Gasteiger partial charge >= 0.3 is 0 Å². The highest BCUT2D eigenvalue weighted by molar-refractivity contribution is 5.81. The first kappa shape index (κ1) is 15.0. The van der Waals surface area contributed by atoms with Gasteiger partial charge in [0.1, 0.15) is 5.82 Å². The summed E-state index contributed by atoms with van der Waals surface area (Å²) in [7, 11) is 0. The normalized spacial score (nSPS) is 19.4. The maximum atomic E-state index is 13.5.